The van der Waals surface area contributed by atoms with Crippen molar-refractivity contribution < 1.29 is 4.39 Å². The first kappa shape index (κ1) is 11.5. The lowest BCUT2D eigenvalue weighted by Gasteiger charge is -2.06. The minimum Gasteiger partial charge on any atom is -0.380 e. The van der Waals surface area contributed by atoms with Crippen molar-refractivity contribution in [2.24, 2.45) is 0 Å². The fraction of sp³-hybridized carbons (Fsp3) is 0.182. The quantitative estimate of drug-likeness (QED) is 0.928. The van der Waals surface area contributed by atoms with E-state index < -0.39 is 0 Å². The number of halogens is 2. The van der Waals surface area contributed by atoms with Crippen LogP contribution in [0.2, 0.25) is 0 Å². The number of aryl methyl sites for hydroxylation is 1. The number of aromatic nitrogens is 1. The molecule has 0 unspecified atom stereocenters. The molecule has 2 aromatic rings. The summed E-state index contributed by atoms with van der Waals surface area (Å²) in [7, 11) is 0. The maximum atomic E-state index is 13.1. The number of nitrogens with one attached hydrogen (secondary N) is 1. The maximum Gasteiger partial charge on any atom is 0.126 e. The fourth-order valence-electron chi connectivity index (χ4n) is 1.33. The fourth-order valence-corrected chi connectivity index (χ4v) is 2.52. The summed E-state index contributed by atoms with van der Waals surface area (Å²) in [6.07, 6.45) is 0. The summed E-state index contributed by atoms with van der Waals surface area (Å²) in [6.45, 7) is 2.64. The van der Waals surface area contributed by atoms with Gasteiger partial charge in [-0.1, -0.05) is 15.9 Å². The number of thiazole rings is 1. The molecule has 2 nitrogen and oxygen atoms in total. The van der Waals surface area contributed by atoms with E-state index >= 15 is 0 Å². The topological polar surface area (TPSA) is 24.9 Å². The SMILES string of the molecule is Cc1ncsc1CNc1cc(F)cc(Br)c1. The van der Waals surface area contributed by atoms with E-state index in [1.807, 2.05) is 18.5 Å². The standard InChI is InChI=1S/C11H10BrFN2S/c1-7-11(16-6-15-7)5-14-10-3-8(12)2-9(13)4-10/h2-4,6,14H,5H2,1H3. The minimum absolute atomic E-state index is 0.252. The summed E-state index contributed by atoms with van der Waals surface area (Å²) < 4.78 is 13.8. The molecule has 16 heavy (non-hydrogen) atoms. The predicted molar refractivity (Wildman–Crippen MR) is 68.3 cm³/mol. The summed E-state index contributed by atoms with van der Waals surface area (Å²) in [5.74, 6) is -0.252. The van der Waals surface area contributed by atoms with Crippen LogP contribution in [0.5, 0.6) is 0 Å². The molecule has 0 spiro atoms. The summed E-state index contributed by atoms with van der Waals surface area (Å²) in [4.78, 5) is 5.33. The summed E-state index contributed by atoms with van der Waals surface area (Å²) in [6, 6.07) is 4.75. The summed E-state index contributed by atoms with van der Waals surface area (Å²) >= 11 is 4.85. The van der Waals surface area contributed by atoms with Gasteiger partial charge in [0.2, 0.25) is 0 Å². The molecule has 0 aliphatic rings. The molecule has 0 aliphatic heterocycles. The number of rotatable bonds is 3. The molecule has 0 saturated heterocycles. The molecule has 1 aromatic carbocycles. The lowest BCUT2D eigenvalue weighted by Crippen LogP contribution is -1.99. The Morgan fingerprint density at radius 3 is 2.88 bits per heavy atom. The highest BCUT2D eigenvalue weighted by Crippen LogP contribution is 2.20. The molecule has 0 atom stereocenters. The van der Waals surface area contributed by atoms with Gasteiger partial charge < -0.3 is 5.32 Å². The van der Waals surface area contributed by atoms with Crippen molar-refractivity contribution in [3.63, 3.8) is 0 Å². The van der Waals surface area contributed by atoms with E-state index in [4.69, 9.17) is 0 Å². The molecule has 0 radical (unpaired) electrons. The maximum absolute atomic E-state index is 13.1. The number of hydrogen-bond donors (Lipinski definition) is 1. The van der Waals surface area contributed by atoms with E-state index in [1.54, 1.807) is 11.3 Å². The second kappa shape index (κ2) is 4.93. The van der Waals surface area contributed by atoms with Crippen molar-refractivity contribution in [2.45, 2.75) is 13.5 Å². The molecule has 0 saturated carbocycles. The van der Waals surface area contributed by atoms with Crippen LogP contribution >= 0.6 is 27.3 Å². The van der Waals surface area contributed by atoms with Crippen molar-refractivity contribution in [1.82, 2.24) is 4.98 Å². The lowest BCUT2D eigenvalue weighted by atomic mass is 10.3. The summed E-state index contributed by atoms with van der Waals surface area (Å²) in [5.41, 5.74) is 3.60. The molecule has 0 bridgehead atoms. The van der Waals surface area contributed by atoms with Crippen molar-refractivity contribution in [3.8, 4) is 0 Å². The van der Waals surface area contributed by atoms with Crippen LogP contribution in [-0.4, -0.2) is 4.98 Å². The van der Waals surface area contributed by atoms with Gasteiger partial charge in [-0.15, -0.1) is 11.3 Å². The second-order valence-electron chi connectivity index (χ2n) is 3.37. The van der Waals surface area contributed by atoms with Crippen LogP contribution in [0.4, 0.5) is 10.1 Å². The van der Waals surface area contributed by atoms with Gasteiger partial charge in [-0.2, -0.15) is 0 Å². The van der Waals surface area contributed by atoms with Gasteiger partial charge in [0.1, 0.15) is 5.82 Å². The van der Waals surface area contributed by atoms with E-state index in [0.717, 1.165) is 15.9 Å². The highest BCUT2D eigenvalue weighted by atomic mass is 79.9. The Morgan fingerprint density at radius 1 is 1.44 bits per heavy atom. The number of benzene rings is 1. The van der Waals surface area contributed by atoms with Gasteiger partial charge in [-0.05, 0) is 25.1 Å². The molecule has 1 heterocycles. The molecule has 5 heteroatoms. The Kier molecular flexibility index (Phi) is 3.56. The highest BCUT2D eigenvalue weighted by molar-refractivity contribution is 9.10. The average Bonchev–Trinajstić information content (AvgIpc) is 2.59. The van der Waals surface area contributed by atoms with Gasteiger partial charge in [0.05, 0.1) is 17.7 Å². The third-order valence-corrected chi connectivity index (χ3v) is 3.55. The lowest BCUT2D eigenvalue weighted by molar-refractivity contribution is 0.627. The van der Waals surface area contributed by atoms with Crippen LogP contribution in [0.1, 0.15) is 10.6 Å². The van der Waals surface area contributed by atoms with E-state index in [2.05, 4.69) is 26.2 Å². The zero-order chi connectivity index (χ0) is 11.5. The number of nitrogens with zero attached hydrogens (tertiary/aromatic N) is 1. The van der Waals surface area contributed by atoms with Gasteiger partial charge >= 0.3 is 0 Å². The van der Waals surface area contributed by atoms with E-state index in [1.165, 1.54) is 17.0 Å². The predicted octanol–water partition coefficient (Wildman–Crippen LogP) is 3.97. The van der Waals surface area contributed by atoms with Gasteiger partial charge in [0, 0.05) is 15.0 Å². The molecule has 1 aromatic heterocycles. The molecule has 0 amide bonds. The largest absolute Gasteiger partial charge is 0.380 e. The van der Waals surface area contributed by atoms with Crippen LogP contribution in [-0.2, 0) is 6.54 Å². The monoisotopic (exact) mass is 300 g/mol. The average molecular weight is 301 g/mol. The van der Waals surface area contributed by atoms with Crippen molar-refractivity contribution in [1.29, 1.82) is 0 Å². The first-order chi connectivity index (χ1) is 7.65. The van der Waals surface area contributed by atoms with Crippen LogP contribution in [0.25, 0.3) is 0 Å². The Hall–Kier alpha value is -0.940. The third kappa shape index (κ3) is 2.80. The van der Waals surface area contributed by atoms with Gasteiger partial charge in [-0.25, -0.2) is 9.37 Å². The molecule has 2 rings (SSSR count). The van der Waals surface area contributed by atoms with Gasteiger partial charge in [0.15, 0.2) is 0 Å². The van der Waals surface area contributed by atoms with E-state index in [9.17, 15) is 4.39 Å². The minimum atomic E-state index is -0.252. The smallest absolute Gasteiger partial charge is 0.126 e. The number of hydrogen-bond acceptors (Lipinski definition) is 3. The van der Waals surface area contributed by atoms with Crippen molar-refractivity contribution >= 4 is 33.0 Å². The highest BCUT2D eigenvalue weighted by Gasteiger charge is 2.02. The molecule has 1 N–H and O–H groups in total. The number of anilines is 1. The summed E-state index contributed by atoms with van der Waals surface area (Å²) in [5, 5.41) is 3.17. The van der Waals surface area contributed by atoms with Gasteiger partial charge in [-0.3, -0.25) is 0 Å². The van der Waals surface area contributed by atoms with Crippen molar-refractivity contribution in [2.75, 3.05) is 5.32 Å². The first-order valence-corrected chi connectivity index (χ1v) is 6.41. The zero-order valence-electron chi connectivity index (χ0n) is 8.63. The van der Waals surface area contributed by atoms with E-state index in [0.29, 0.717) is 6.54 Å². The third-order valence-electron chi connectivity index (χ3n) is 2.16. The Balaban J connectivity index is 2.07. The molecular formula is C11H10BrFN2S. The van der Waals surface area contributed by atoms with Crippen LogP contribution < -0.4 is 5.32 Å². The Morgan fingerprint density at radius 2 is 2.25 bits per heavy atom. The Labute approximate surface area is 106 Å². The van der Waals surface area contributed by atoms with Crippen LogP contribution in [0.15, 0.2) is 28.2 Å². The Bertz CT molecular complexity index is 478. The molecule has 84 valence electrons. The molecule has 0 fully saturated rings. The van der Waals surface area contributed by atoms with E-state index in [-0.39, 0.29) is 5.82 Å². The molecule has 0 aliphatic carbocycles. The normalized spacial score (nSPS) is 10.4. The van der Waals surface area contributed by atoms with Crippen molar-refractivity contribution in [3.05, 3.63) is 44.6 Å². The second-order valence-corrected chi connectivity index (χ2v) is 5.23. The first-order valence-electron chi connectivity index (χ1n) is 4.74. The molecular weight excluding hydrogens is 291 g/mol. The zero-order valence-corrected chi connectivity index (χ0v) is 11.0. The van der Waals surface area contributed by atoms with Gasteiger partial charge in [0.25, 0.3) is 0 Å². The van der Waals surface area contributed by atoms with Crippen LogP contribution in [0, 0.1) is 12.7 Å². The van der Waals surface area contributed by atoms with Crippen LogP contribution in [0.3, 0.4) is 0 Å².